The molecule has 0 atom stereocenters. The number of nitrogens with one attached hydrogen (secondary N) is 1. The maximum absolute atomic E-state index is 12.8. The van der Waals surface area contributed by atoms with Gasteiger partial charge in [0.1, 0.15) is 17.9 Å². The number of para-hydroxylation sites is 2. The number of amides is 1. The Morgan fingerprint density at radius 3 is 2.40 bits per heavy atom. The molecule has 3 aromatic carbocycles. The molecular formula is C27H25NO7. The summed E-state index contributed by atoms with van der Waals surface area (Å²) in [4.78, 5) is 25.1. The lowest BCUT2D eigenvalue weighted by molar-refractivity contribution is -0.124. The topological polar surface area (TPSA) is 96.2 Å². The number of carbonyl (C=O) groups is 2. The molecule has 0 fully saturated rings. The third-order valence-corrected chi connectivity index (χ3v) is 5.28. The van der Waals surface area contributed by atoms with Gasteiger partial charge in [0.05, 0.1) is 19.8 Å². The van der Waals surface area contributed by atoms with E-state index in [4.69, 9.17) is 23.4 Å². The van der Waals surface area contributed by atoms with Gasteiger partial charge in [-0.2, -0.15) is 0 Å². The smallest absolute Gasteiger partial charge is 0.375 e. The quantitative estimate of drug-likeness (QED) is 0.337. The number of carbonyl (C=O) groups excluding carboxylic acids is 2. The molecule has 1 amide bonds. The summed E-state index contributed by atoms with van der Waals surface area (Å²) in [5, 5.41) is 3.46. The first-order chi connectivity index (χ1) is 17.1. The lowest BCUT2D eigenvalue weighted by Crippen LogP contribution is -2.28. The molecule has 180 valence electrons. The van der Waals surface area contributed by atoms with Gasteiger partial charge in [-0.3, -0.25) is 4.79 Å². The number of methoxy groups -OCH3 is 2. The summed E-state index contributed by atoms with van der Waals surface area (Å²) in [7, 11) is 3.09. The summed E-state index contributed by atoms with van der Waals surface area (Å²) in [6.45, 7) is -0.114. The molecule has 0 bridgehead atoms. The van der Waals surface area contributed by atoms with Crippen LogP contribution in [-0.4, -0.2) is 32.7 Å². The van der Waals surface area contributed by atoms with Crippen molar-refractivity contribution in [3.8, 4) is 17.2 Å². The second-order valence-electron chi connectivity index (χ2n) is 7.55. The van der Waals surface area contributed by atoms with Crippen molar-refractivity contribution in [1.82, 2.24) is 5.32 Å². The molecule has 0 saturated carbocycles. The maximum Gasteiger partial charge on any atom is 0.375 e. The van der Waals surface area contributed by atoms with E-state index in [2.05, 4.69) is 5.32 Å². The maximum atomic E-state index is 12.8. The van der Waals surface area contributed by atoms with Crippen LogP contribution in [0.1, 0.15) is 21.7 Å². The highest BCUT2D eigenvalue weighted by Gasteiger charge is 2.23. The molecule has 8 nitrogen and oxygen atoms in total. The van der Waals surface area contributed by atoms with E-state index in [1.807, 2.05) is 48.5 Å². The predicted molar refractivity (Wildman–Crippen MR) is 129 cm³/mol. The van der Waals surface area contributed by atoms with Crippen LogP contribution in [0.25, 0.3) is 11.0 Å². The second kappa shape index (κ2) is 11.1. The molecular weight excluding hydrogens is 450 g/mol. The van der Waals surface area contributed by atoms with Crippen molar-refractivity contribution in [2.24, 2.45) is 0 Å². The Morgan fingerprint density at radius 2 is 1.63 bits per heavy atom. The average Bonchev–Trinajstić information content (AvgIpc) is 3.28. The zero-order valence-corrected chi connectivity index (χ0v) is 19.4. The normalized spacial score (nSPS) is 10.6. The van der Waals surface area contributed by atoms with Gasteiger partial charge in [-0.05, 0) is 35.9 Å². The molecule has 0 spiro atoms. The van der Waals surface area contributed by atoms with Gasteiger partial charge in [-0.15, -0.1) is 0 Å². The van der Waals surface area contributed by atoms with Crippen LogP contribution in [0.4, 0.5) is 0 Å². The highest BCUT2D eigenvalue weighted by atomic mass is 16.5. The van der Waals surface area contributed by atoms with Gasteiger partial charge < -0.3 is 28.7 Å². The van der Waals surface area contributed by atoms with Crippen molar-refractivity contribution >= 4 is 22.8 Å². The van der Waals surface area contributed by atoms with Crippen molar-refractivity contribution < 1.29 is 33.0 Å². The standard InChI is InChI=1S/C27H25NO7/c1-31-23-13-12-18(14-24(23)32-2)15-28-25(29)17-34-27(30)26-21(16-33-19-8-4-3-5-9-19)20-10-6-7-11-22(20)35-26/h3-14H,15-17H2,1-2H3,(H,28,29). The number of rotatable bonds is 10. The first-order valence-corrected chi connectivity index (χ1v) is 10.9. The van der Waals surface area contributed by atoms with Gasteiger partial charge in [0, 0.05) is 11.9 Å². The first kappa shape index (κ1) is 23.7. The SMILES string of the molecule is COc1ccc(CNC(=O)COC(=O)c2oc3ccccc3c2COc2ccccc2)cc1OC. The summed E-state index contributed by atoms with van der Waals surface area (Å²) < 4.78 is 27.3. The summed E-state index contributed by atoms with van der Waals surface area (Å²) in [5.74, 6) is 0.622. The Balaban J connectivity index is 1.39. The van der Waals surface area contributed by atoms with E-state index in [0.717, 1.165) is 10.9 Å². The van der Waals surface area contributed by atoms with Gasteiger partial charge in [0.2, 0.25) is 5.76 Å². The summed E-state index contributed by atoms with van der Waals surface area (Å²) in [5.41, 5.74) is 1.89. The van der Waals surface area contributed by atoms with Gasteiger partial charge in [-0.1, -0.05) is 42.5 Å². The molecule has 4 aromatic rings. The average molecular weight is 475 g/mol. The van der Waals surface area contributed by atoms with Gasteiger partial charge in [0.15, 0.2) is 18.1 Å². The molecule has 4 rings (SSSR count). The van der Waals surface area contributed by atoms with Crippen LogP contribution in [0.15, 0.2) is 77.2 Å². The van der Waals surface area contributed by atoms with Crippen LogP contribution < -0.4 is 19.5 Å². The Bertz CT molecular complexity index is 1310. The Kier molecular flexibility index (Phi) is 7.52. The van der Waals surface area contributed by atoms with Crippen LogP contribution in [0.5, 0.6) is 17.2 Å². The molecule has 0 radical (unpaired) electrons. The zero-order valence-electron chi connectivity index (χ0n) is 19.4. The van der Waals surface area contributed by atoms with Crippen LogP contribution in [0.3, 0.4) is 0 Å². The predicted octanol–water partition coefficient (Wildman–Crippen LogP) is 4.50. The van der Waals surface area contributed by atoms with Gasteiger partial charge >= 0.3 is 5.97 Å². The molecule has 0 saturated heterocycles. The molecule has 1 N–H and O–H groups in total. The van der Waals surface area contributed by atoms with Crippen LogP contribution in [0, 0.1) is 0 Å². The third kappa shape index (κ3) is 5.73. The van der Waals surface area contributed by atoms with E-state index in [0.29, 0.717) is 28.4 Å². The summed E-state index contributed by atoms with van der Waals surface area (Å²) in [6.07, 6.45) is 0. The Hall–Kier alpha value is -4.46. The minimum Gasteiger partial charge on any atom is -0.493 e. The largest absolute Gasteiger partial charge is 0.493 e. The fourth-order valence-corrected chi connectivity index (χ4v) is 3.52. The Morgan fingerprint density at radius 1 is 0.886 bits per heavy atom. The number of fused-ring (bicyclic) bond motifs is 1. The van der Waals surface area contributed by atoms with Crippen molar-refractivity contribution in [2.75, 3.05) is 20.8 Å². The van der Waals surface area contributed by atoms with Crippen LogP contribution in [-0.2, 0) is 22.7 Å². The lowest BCUT2D eigenvalue weighted by Gasteiger charge is -2.10. The molecule has 0 aliphatic heterocycles. The second-order valence-corrected chi connectivity index (χ2v) is 7.55. The zero-order chi connectivity index (χ0) is 24.6. The van der Waals surface area contributed by atoms with E-state index in [1.54, 1.807) is 31.4 Å². The number of esters is 1. The third-order valence-electron chi connectivity index (χ3n) is 5.28. The van der Waals surface area contributed by atoms with E-state index in [1.165, 1.54) is 7.11 Å². The lowest BCUT2D eigenvalue weighted by atomic mass is 10.1. The van der Waals surface area contributed by atoms with Crippen molar-refractivity contribution in [2.45, 2.75) is 13.2 Å². The molecule has 0 unspecified atom stereocenters. The molecule has 1 heterocycles. The van der Waals surface area contributed by atoms with Crippen molar-refractivity contribution in [3.63, 3.8) is 0 Å². The molecule has 35 heavy (non-hydrogen) atoms. The fraction of sp³-hybridized carbons (Fsp3) is 0.185. The summed E-state index contributed by atoms with van der Waals surface area (Å²) >= 11 is 0. The molecule has 8 heteroatoms. The summed E-state index contributed by atoms with van der Waals surface area (Å²) in [6, 6.07) is 21.8. The number of ether oxygens (including phenoxy) is 4. The molecule has 0 aliphatic carbocycles. The van der Waals surface area contributed by atoms with E-state index in [-0.39, 0.29) is 18.9 Å². The van der Waals surface area contributed by atoms with Crippen LogP contribution in [0.2, 0.25) is 0 Å². The van der Waals surface area contributed by atoms with Gasteiger partial charge in [-0.25, -0.2) is 4.79 Å². The van der Waals surface area contributed by atoms with E-state index in [9.17, 15) is 9.59 Å². The van der Waals surface area contributed by atoms with Gasteiger partial charge in [0.25, 0.3) is 5.91 Å². The fourth-order valence-electron chi connectivity index (χ4n) is 3.52. The van der Waals surface area contributed by atoms with Crippen molar-refractivity contribution in [3.05, 3.63) is 89.7 Å². The Labute approximate surface area is 202 Å². The monoisotopic (exact) mass is 475 g/mol. The van der Waals surface area contributed by atoms with Crippen LogP contribution >= 0.6 is 0 Å². The first-order valence-electron chi connectivity index (χ1n) is 10.9. The molecule has 1 aromatic heterocycles. The highest BCUT2D eigenvalue weighted by molar-refractivity contribution is 5.96. The van der Waals surface area contributed by atoms with Crippen molar-refractivity contribution in [1.29, 1.82) is 0 Å². The van der Waals surface area contributed by atoms with E-state index < -0.39 is 18.5 Å². The number of hydrogen-bond acceptors (Lipinski definition) is 7. The minimum absolute atomic E-state index is 0.00909. The number of benzene rings is 3. The number of hydrogen-bond donors (Lipinski definition) is 1. The molecule has 0 aliphatic rings. The van der Waals surface area contributed by atoms with E-state index >= 15 is 0 Å². The number of furan rings is 1. The minimum atomic E-state index is -0.742. The highest BCUT2D eigenvalue weighted by Crippen LogP contribution is 2.29.